The number of ether oxygens (including phenoxy) is 3. The predicted octanol–water partition coefficient (Wildman–Crippen LogP) is 25.5. The number of allylic oxidation sites excluding steroid dienone is 6. The SMILES string of the molecule is CCCCCCC/C=C\C/C=C\C/C=C\CCCCCCCCCCCCCCCCC(=O)OCC(COC(=O)CCCCCCCCCCCCCCCC)OC(=O)CCCCCCCCCCCCCCCCCCCCCCC. The molecule has 0 N–H and O–H groups in total. The van der Waals surface area contributed by atoms with E-state index in [9.17, 15) is 14.4 Å². The van der Waals surface area contributed by atoms with Gasteiger partial charge in [0.05, 0.1) is 0 Å². The van der Waals surface area contributed by atoms with Gasteiger partial charge in [-0.2, -0.15) is 0 Å². The molecule has 0 rings (SSSR count). The molecular weight excluding hydrogens is 1010 g/mol. The number of unbranched alkanes of at least 4 members (excludes halogenated alkanes) is 52. The number of carbonyl (C=O) groups is 3. The van der Waals surface area contributed by atoms with Crippen molar-refractivity contribution >= 4 is 17.9 Å². The summed E-state index contributed by atoms with van der Waals surface area (Å²) in [6.07, 6.45) is 88.9. The minimum Gasteiger partial charge on any atom is -0.462 e. The summed E-state index contributed by atoms with van der Waals surface area (Å²) < 4.78 is 17.0. The van der Waals surface area contributed by atoms with Crippen LogP contribution in [0.2, 0.25) is 0 Å². The van der Waals surface area contributed by atoms with Gasteiger partial charge < -0.3 is 14.2 Å². The first kappa shape index (κ1) is 79.6. The Labute approximate surface area is 512 Å². The van der Waals surface area contributed by atoms with Crippen LogP contribution in [-0.4, -0.2) is 37.2 Å². The summed E-state index contributed by atoms with van der Waals surface area (Å²) in [5.41, 5.74) is 0. The van der Waals surface area contributed by atoms with Gasteiger partial charge in [0.15, 0.2) is 6.10 Å². The summed E-state index contributed by atoms with van der Waals surface area (Å²) in [6.45, 7) is 6.71. The van der Waals surface area contributed by atoms with Gasteiger partial charge in [-0.25, -0.2) is 0 Å². The van der Waals surface area contributed by atoms with Crippen molar-refractivity contribution in [3.8, 4) is 0 Å². The highest BCUT2D eigenvalue weighted by molar-refractivity contribution is 5.71. The van der Waals surface area contributed by atoms with Crippen molar-refractivity contribution in [2.75, 3.05) is 13.2 Å². The van der Waals surface area contributed by atoms with E-state index in [2.05, 4.69) is 57.2 Å². The van der Waals surface area contributed by atoms with Crippen LogP contribution in [0.4, 0.5) is 0 Å². The summed E-state index contributed by atoms with van der Waals surface area (Å²) in [7, 11) is 0. The number of rotatable bonds is 69. The molecule has 0 amide bonds. The topological polar surface area (TPSA) is 78.9 Å². The second kappa shape index (κ2) is 71.1. The molecule has 0 fully saturated rings. The van der Waals surface area contributed by atoms with E-state index < -0.39 is 6.10 Å². The van der Waals surface area contributed by atoms with Crippen LogP contribution in [0.15, 0.2) is 36.5 Å². The maximum Gasteiger partial charge on any atom is 0.306 e. The molecule has 1 unspecified atom stereocenters. The molecule has 0 saturated carbocycles. The van der Waals surface area contributed by atoms with Crippen molar-refractivity contribution in [1.29, 1.82) is 0 Å². The molecule has 1 atom stereocenters. The van der Waals surface area contributed by atoms with E-state index in [0.717, 1.165) is 70.6 Å². The molecule has 0 aromatic carbocycles. The average Bonchev–Trinajstić information content (AvgIpc) is 3.47. The fourth-order valence-electron chi connectivity index (χ4n) is 11.3. The minimum atomic E-state index is -0.769. The van der Waals surface area contributed by atoms with Crippen molar-refractivity contribution in [3.05, 3.63) is 36.5 Å². The zero-order chi connectivity index (χ0) is 59.2. The van der Waals surface area contributed by atoms with Crippen molar-refractivity contribution in [2.24, 2.45) is 0 Å². The monoisotopic (exact) mass is 1150 g/mol. The van der Waals surface area contributed by atoms with Gasteiger partial charge in [0, 0.05) is 19.3 Å². The molecule has 0 radical (unpaired) electrons. The fourth-order valence-corrected chi connectivity index (χ4v) is 11.3. The number of hydrogen-bond donors (Lipinski definition) is 0. The van der Waals surface area contributed by atoms with Gasteiger partial charge in [-0.1, -0.05) is 372 Å². The van der Waals surface area contributed by atoms with E-state index in [0.29, 0.717) is 19.3 Å². The van der Waals surface area contributed by atoms with E-state index in [-0.39, 0.29) is 31.1 Å². The quantitative estimate of drug-likeness (QED) is 0.0261. The fraction of sp³-hybridized carbons (Fsp3) is 0.882. The Bertz CT molecular complexity index is 1370. The Morgan fingerprint density at radius 3 is 0.683 bits per heavy atom. The molecular formula is C76H142O6. The molecule has 0 aromatic rings. The lowest BCUT2D eigenvalue weighted by Crippen LogP contribution is -2.30. The lowest BCUT2D eigenvalue weighted by atomic mass is 10.0. The van der Waals surface area contributed by atoms with Crippen LogP contribution in [0.25, 0.3) is 0 Å². The zero-order valence-corrected chi connectivity index (χ0v) is 55.5. The highest BCUT2D eigenvalue weighted by atomic mass is 16.6. The van der Waals surface area contributed by atoms with E-state index in [1.54, 1.807) is 0 Å². The Kier molecular flexibility index (Phi) is 69.1. The molecule has 0 aromatic heterocycles. The van der Waals surface area contributed by atoms with Crippen LogP contribution in [0.3, 0.4) is 0 Å². The van der Waals surface area contributed by atoms with Gasteiger partial charge in [0.1, 0.15) is 13.2 Å². The third-order valence-corrected chi connectivity index (χ3v) is 16.9. The van der Waals surface area contributed by atoms with Crippen molar-refractivity contribution in [1.82, 2.24) is 0 Å². The van der Waals surface area contributed by atoms with Crippen LogP contribution in [0.1, 0.15) is 412 Å². The Hall–Kier alpha value is -2.37. The van der Waals surface area contributed by atoms with Crippen LogP contribution in [0.5, 0.6) is 0 Å². The molecule has 0 saturated heterocycles. The maximum atomic E-state index is 13.0. The predicted molar refractivity (Wildman–Crippen MR) is 358 cm³/mol. The Balaban J connectivity index is 4.21. The molecule has 6 heteroatoms. The highest BCUT2D eigenvalue weighted by Gasteiger charge is 2.20. The Morgan fingerprint density at radius 2 is 0.439 bits per heavy atom. The molecule has 82 heavy (non-hydrogen) atoms. The first-order valence-electron chi connectivity index (χ1n) is 37.0. The van der Waals surface area contributed by atoms with Gasteiger partial charge in [-0.05, 0) is 57.8 Å². The molecule has 6 nitrogen and oxygen atoms in total. The van der Waals surface area contributed by atoms with Crippen molar-refractivity contribution < 1.29 is 28.6 Å². The van der Waals surface area contributed by atoms with E-state index in [1.807, 2.05) is 0 Å². The first-order valence-corrected chi connectivity index (χ1v) is 37.0. The number of hydrogen-bond acceptors (Lipinski definition) is 6. The molecule has 0 spiro atoms. The number of esters is 3. The van der Waals surface area contributed by atoms with Gasteiger partial charge in [-0.15, -0.1) is 0 Å². The zero-order valence-electron chi connectivity index (χ0n) is 55.5. The third-order valence-electron chi connectivity index (χ3n) is 16.9. The lowest BCUT2D eigenvalue weighted by Gasteiger charge is -2.18. The third kappa shape index (κ3) is 68.4. The van der Waals surface area contributed by atoms with E-state index in [4.69, 9.17) is 14.2 Å². The standard InChI is InChI=1S/C76H142O6/c1-4-7-10-13-16-19-22-25-28-30-32-34-35-36-37-38-39-40-41-43-44-46-48-51-54-57-60-63-66-69-75(78)81-72-73(71-80-74(77)68-65-62-59-56-53-50-27-24-21-18-15-12-9-6-3)82-76(79)70-67-64-61-58-55-52-49-47-45-42-33-31-29-26-23-20-17-14-11-8-5-2/h22,25,30,32,35-36,73H,4-21,23-24,26-29,31,33-34,37-72H2,1-3H3/b25-22-,32-30-,36-35-. The summed E-state index contributed by atoms with van der Waals surface area (Å²) in [5.74, 6) is -0.831. The molecule has 482 valence electrons. The summed E-state index contributed by atoms with van der Waals surface area (Å²) in [5, 5.41) is 0. The normalized spacial score (nSPS) is 12.2. The summed E-state index contributed by atoms with van der Waals surface area (Å²) in [6, 6.07) is 0. The van der Waals surface area contributed by atoms with Crippen LogP contribution in [0, 0.1) is 0 Å². The Morgan fingerprint density at radius 1 is 0.244 bits per heavy atom. The van der Waals surface area contributed by atoms with Crippen molar-refractivity contribution in [2.45, 2.75) is 419 Å². The van der Waals surface area contributed by atoms with Crippen LogP contribution < -0.4 is 0 Å². The second-order valence-electron chi connectivity index (χ2n) is 25.2. The average molecular weight is 1150 g/mol. The molecule has 0 aliphatic rings. The van der Waals surface area contributed by atoms with Gasteiger partial charge >= 0.3 is 17.9 Å². The molecule has 0 bridgehead atoms. The molecule has 0 aliphatic carbocycles. The number of carbonyl (C=O) groups excluding carboxylic acids is 3. The first-order chi connectivity index (χ1) is 40.5. The summed E-state index contributed by atoms with van der Waals surface area (Å²) in [4.78, 5) is 38.5. The maximum absolute atomic E-state index is 13.0. The van der Waals surface area contributed by atoms with Gasteiger partial charge in [0.2, 0.25) is 0 Å². The van der Waals surface area contributed by atoms with Crippen LogP contribution in [-0.2, 0) is 28.6 Å². The molecule has 0 heterocycles. The van der Waals surface area contributed by atoms with Gasteiger partial charge in [0.25, 0.3) is 0 Å². The largest absolute Gasteiger partial charge is 0.462 e. The minimum absolute atomic E-state index is 0.0649. The van der Waals surface area contributed by atoms with Crippen LogP contribution >= 0.6 is 0 Å². The lowest BCUT2D eigenvalue weighted by molar-refractivity contribution is -0.167. The van der Waals surface area contributed by atoms with Gasteiger partial charge in [-0.3, -0.25) is 14.4 Å². The second-order valence-corrected chi connectivity index (χ2v) is 25.2. The molecule has 0 aliphatic heterocycles. The summed E-state index contributed by atoms with van der Waals surface area (Å²) >= 11 is 0. The van der Waals surface area contributed by atoms with Crippen molar-refractivity contribution in [3.63, 3.8) is 0 Å². The highest BCUT2D eigenvalue weighted by Crippen LogP contribution is 2.19. The van der Waals surface area contributed by atoms with E-state index >= 15 is 0 Å². The van der Waals surface area contributed by atoms with E-state index in [1.165, 1.54) is 302 Å². The smallest absolute Gasteiger partial charge is 0.306 e.